The molecule has 41 heavy (non-hydrogen) atoms. The van der Waals surface area contributed by atoms with Gasteiger partial charge in [0.2, 0.25) is 0 Å². The van der Waals surface area contributed by atoms with Gasteiger partial charge in [0, 0.05) is 5.92 Å². The fourth-order valence-corrected chi connectivity index (χ4v) is 11.1. The van der Waals surface area contributed by atoms with Crippen molar-refractivity contribution in [3.63, 3.8) is 0 Å². The zero-order valence-electron chi connectivity index (χ0n) is 26.7. The zero-order valence-corrected chi connectivity index (χ0v) is 26.7. The molecular formula is C37H54O4. The molecule has 0 heterocycles. The van der Waals surface area contributed by atoms with Crippen LogP contribution in [0, 0.1) is 50.2 Å². The number of aliphatic carboxylic acids is 1. The number of hydrogen-bond acceptors (Lipinski definition) is 3. The number of ketones is 1. The minimum absolute atomic E-state index is 0.0118. The van der Waals surface area contributed by atoms with Gasteiger partial charge in [-0.25, -0.2) is 0 Å². The van der Waals surface area contributed by atoms with E-state index in [0.29, 0.717) is 23.5 Å². The lowest BCUT2D eigenvalue weighted by Crippen LogP contribution is -2.65. The smallest absolute Gasteiger partial charge is 0.309 e. The molecule has 8 atom stereocenters. The third-order valence-electron chi connectivity index (χ3n) is 13.9. The van der Waals surface area contributed by atoms with Crippen LogP contribution in [0.25, 0.3) is 0 Å². The Morgan fingerprint density at radius 2 is 1.54 bits per heavy atom. The molecule has 0 bridgehead atoms. The van der Waals surface area contributed by atoms with Crippen LogP contribution in [0.15, 0.2) is 42.0 Å². The van der Waals surface area contributed by atoms with E-state index in [1.54, 1.807) is 0 Å². The number of carbonyl (C=O) groups excluding carboxylic acids is 1. The molecule has 0 radical (unpaired) electrons. The van der Waals surface area contributed by atoms with E-state index in [9.17, 15) is 14.7 Å². The van der Waals surface area contributed by atoms with Crippen molar-refractivity contribution in [3.8, 4) is 0 Å². The van der Waals surface area contributed by atoms with Gasteiger partial charge in [0.1, 0.15) is 0 Å². The van der Waals surface area contributed by atoms with Gasteiger partial charge in [0.05, 0.1) is 12.0 Å². The second-order valence-corrected chi connectivity index (χ2v) is 16.5. The normalized spacial score (nSPS) is 44.5. The van der Waals surface area contributed by atoms with Crippen LogP contribution in [-0.2, 0) is 16.2 Å². The van der Waals surface area contributed by atoms with Crippen molar-refractivity contribution < 1.29 is 19.8 Å². The van der Waals surface area contributed by atoms with E-state index in [0.717, 1.165) is 37.7 Å². The molecule has 0 saturated heterocycles. The van der Waals surface area contributed by atoms with Gasteiger partial charge in [0.15, 0.2) is 5.78 Å². The van der Waals surface area contributed by atoms with Gasteiger partial charge >= 0.3 is 5.97 Å². The highest BCUT2D eigenvalue weighted by Gasteiger charge is 2.69. The van der Waals surface area contributed by atoms with Crippen molar-refractivity contribution >= 4 is 11.8 Å². The highest BCUT2D eigenvalue weighted by atomic mass is 16.4. The summed E-state index contributed by atoms with van der Waals surface area (Å²) in [6.07, 6.45) is 12.8. The van der Waals surface area contributed by atoms with Crippen LogP contribution in [0.3, 0.4) is 0 Å². The Balaban J connectivity index is 0.000000365. The Morgan fingerprint density at radius 1 is 0.878 bits per heavy atom. The molecule has 226 valence electrons. The van der Waals surface area contributed by atoms with Crippen LogP contribution in [-0.4, -0.2) is 22.0 Å². The number of fused-ring (bicyclic) bond motifs is 7. The van der Waals surface area contributed by atoms with Crippen molar-refractivity contribution in [1.29, 1.82) is 0 Å². The summed E-state index contributed by atoms with van der Waals surface area (Å²) in [5.41, 5.74) is 2.06. The first-order chi connectivity index (χ1) is 19.1. The summed E-state index contributed by atoms with van der Waals surface area (Å²) >= 11 is 0. The van der Waals surface area contributed by atoms with Gasteiger partial charge in [0.25, 0.3) is 0 Å². The predicted molar refractivity (Wildman–Crippen MR) is 164 cm³/mol. The number of allylic oxidation sites excluding steroid dienone is 2. The summed E-state index contributed by atoms with van der Waals surface area (Å²) in [6, 6.07) is 9.52. The number of carboxylic acids is 1. The number of carbonyl (C=O) groups is 2. The Labute approximate surface area is 248 Å². The quantitative estimate of drug-likeness (QED) is 0.378. The first-order valence-corrected chi connectivity index (χ1v) is 16.2. The monoisotopic (exact) mass is 562 g/mol. The topological polar surface area (TPSA) is 74.6 Å². The molecule has 4 heteroatoms. The highest BCUT2D eigenvalue weighted by molar-refractivity contribution is 5.95. The summed E-state index contributed by atoms with van der Waals surface area (Å²) < 4.78 is 0. The highest BCUT2D eigenvalue weighted by Crippen LogP contribution is 2.75. The van der Waals surface area contributed by atoms with Crippen molar-refractivity contribution in [1.82, 2.24) is 0 Å². The lowest BCUT2D eigenvalue weighted by molar-refractivity contribution is -0.185. The van der Waals surface area contributed by atoms with Crippen LogP contribution in [0.2, 0.25) is 0 Å². The van der Waals surface area contributed by atoms with Gasteiger partial charge < -0.3 is 10.2 Å². The molecule has 0 amide bonds. The molecule has 5 aliphatic carbocycles. The maximum atomic E-state index is 14.2. The third kappa shape index (κ3) is 4.57. The fraction of sp³-hybridized carbons (Fsp3) is 0.730. The molecule has 1 aromatic carbocycles. The van der Waals surface area contributed by atoms with Gasteiger partial charge in [-0.15, -0.1) is 0 Å². The van der Waals surface area contributed by atoms with Gasteiger partial charge in [-0.1, -0.05) is 83.9 Å². The first kappa shape index (κ1) is 30.5. The maximum absolute atomic E-state index is 14.2. The number of aliphatic hydroxyl groups excluding tert-OH is 1. The van der Waals surface area contributed by atoms with Crippen LogP contribution in [0.1, 0.15) is 118 Å². The van der Waals surface area contributed by atoms with Crippen molar-refractivity contribution in [2.75, 3.05) is 0 Å². The zero-order chi connectivity index (χ0) is 30.1. The largest absolute Gasteiger partial charge is 0.481 e. The van der Waals surface area contributed by atoms with Crippen molar-refractivity contribution in [3.05, 3.63) is 47.5 Å². The van der Waals surface area contributed by atoms with Crippen LogP contribution in [0.4, 0.5) is 0 Å². The van der Waals surface area contributed by atoms with Gasteiger partial charge in [-0.3, -0.25) is 9.59 Å². The van der Waals surface area contributed by atoms with E-state index in [1.165, 1.54) is 31.3 Å². The van der Waals surface area contributed by atoms with E-state index in [2.05, 4.69) is 47.6 Å². The lowest BCUT2D eigenvalue weighted by atomic mass is 9.33. The lowest BCUT2D eigenvalue weighted by Gasteiger charge is -2.70. The second-order valence-electron chi connectivity index (χ2n) is 16.5. The summed E-state index contributed by atoms with van der Waals surface area (Å²) in [5.74, 6) is 0.609. The summed E-state index contributed by atoms with van der Waals surface area (Å²) in [7, 11) is 0. The first-order valence-electron chi connectivity index (χ1n) is 16.2. The van der Waals surface area contributed by atoms with Crippen molar-refractivity contribution in [2.24, 2.45) is 50.2 Å². The molecule has 4 fully saturated rings. The minimum Gasteiger partial charge on any atom is -0.481 e. The minimum atomic E-state index is -0.679. The fourth-order valence-electron chi connectivity index (χ4n) is 11.1. The molecule has 6 rings (SSSR count). The summed E-state index contributed by atoms with van der Waals surface area (Å²) in [6.45, 7) is 16.7. The Bertz CT molecular complexity index is 1220. The molecule has 0 spiro atoms. The average molecular weight is 563 g/mol. The molecule has 0 aromatic heterocycles. The Morgan fingerprint density at radius 3 is 2.15 bits per heavy atom. The number of aliphatic hydroxyl groups is 1. The number of carboxylic acid groups (broad SMARTS) is 1. The van der Waals surface area contributed by atoms with Crippen LogP contribution in [0.5, 0.6) is 0 Å². The van der Waals surface area contributed by atoms with Gasteiger partial charge in [-0.2, -0.15) is 0 Å². The molecule has 1 aromatic rings. The Hall–Kier alpha value is -1.94. The van der Waals surface area contributed by atoms with Gasteiger partial charge in [-0.05, 0) is 115 Å². The molecule has 5 aliphatic rings. The molecular weight excluding hydrogens is 508 g/mol. The number of hydrogen-bond donors (Lipinski definition) is 2. The molecule has 2 N–H and O–H groups in total. The summed E-state index contributed by atoms with van der Waals surface area (Å²) in [5, 5.41) is 18.6. The third-order valence-corrected chi connectivity index (χ3v) is 13.9. The predicted octanol–water partition coefficient (Wildman–Crippen LogP) is 8.62. The Kier molecular flexibility index (Phi) is 7.49. The van der Waals surface area contributed by atoms with Crippen LogP contribution < -0.4 is 0 Å². The molecule has 4 nitrogen and oxygen atoms in total. The van der Waals surface area contributed by atoms with E-state index >= 15 is 0 Å². The molecule has 4 saturated carbocycles. The second kappa shape index (κ2) is 10.1. The molecule has 0 aliphatic heterocycles. The maximum Gasteiger partial charge on any atom is 0.309 e. The molecule has 6 unspecified atom stereocenters. The van der Waals surface area contributed by atoms with Crippen molar-refractivity contribution in [2.45, 2.75) is 119 Å². The van der Waals surface area contributed by atoms with E-state index in [-0.39, 0.29) is 40.1 Å². The summed E-state index contributed by atoms with van der Waals surface area (Å²) in [4.78, 5) is 26.4. The van der Waals surface area contributed by atoms with E-state index in [4.69, 9.17) is 5.11 Å². The number of benzene rings is 1. The van der Waals surface area contributed by atoms with E-state index in [1.807, 2.05) is 37.3 Å². The van der Waals surface area contributed by atoms with Crippen LogP contribution >= 0.6 is 0 Å². The standard InChI is InChI=1S/C30H46O3.C7H8O/c1-25(2)10-8-11-28(5)22(25)9-12-30(7)23(28)21(31)17-19-20-18-27(4,24(32)33)14-13-26(20,3)15-16-29(19,30)6;8-6-7-4-2-1-3-5-7/h17,20,22-23H,8-16,18H2,1-7H3,(H,32,33);1-5,8H,6H2/t20?,22?,23?,26?,27-,28?,29+,30?;/m0./s1. The SMILES string of the molecule is CC1(C)CCCC2(C)C1CCC1(C)C2C(=O)C=C2C3C[C@@](C)(C(=O)O)CCC3(C)CC[C@]21C.OCc1ccccc1. The number of rotatable bonds is 2. The van der Waals surface area contributed by atoms with E-state index < -0.39 is 11.4 Å². The average Bonchev–Trinajstić information content (AvgIpc) is 2.91.